The Bertz CT molecular complexity index is 758. The van der Waals surface area contributed by atoms with Crippen molar-refractivity contribution >= 4 is 33.3 Å². The number of nitrogens with zero attached hydrogens (tertiary/aromatic N) is 4. The second-order valence-corrected chi connectivity index (χ2v) is 8.10. The number of amides is 1. The lowest BCUT2D eigenvalue weighted by molar-refractivity contribution is 0.0797. The molecular weight excluding hydrogens is 320 g/mol. The maximum Gasteiger partial charge on any atom is 0.264 e. The van der Waals surface area contributed by atoms with Gasteiger partial charge in [-0.2, -0.15) is 0 Å². The van der Waals surface area contributed by atoms with Crippen LogP contribution in [0, 0.1) is 12.8 Å². The molecule has 0 bridgehead atoms. The molecule has 0 saturated carbocycles. The van der Waals surface area contributed by atoms with E-state index in [4.69, 9.17) is 0 Å². The van der Waals surface area contributed by atoms with E-state index < -0.39 is 0 Å². The summed E-state index contributed by atoms with van der Waals surface area (Å²) in [4.78, 5) is 28.0. The number of piperidine rings is 1. The van der Waals surface area contributed by atoms with Gasteiger partial charge in [0.15, 0.2) is 0 Å². The van der Waals surface area contributed by atoms with Crippen LogP contribution in [0.3, 0.4) is 0 Å². The van der Waals surface area contributed by atoms with Gasteiger partial charge in [0.05, 0.1) is 10.3 Å². The molecule has 0 spiro atoms. The van der Waals surface area contributed by atoms with Crippen molar-refractivity contribution in [3.05, 3.63) is 16.8 Å². The Balaban J connectivity index is 1.73. The third kappa shape index (κ3) is 2.66. The first-order valence-corrected chi connectivity index (χ1v) is 9.75. The maximum atomic E-state index is 12.8. The molecule has 2 aromatic rings. The standard InChI is InChI=1S/C18H24N4OS/c1-12-5-9-21(10-6-12)16-14-13(2)15(24-17(14)20-11-19-16)18(23)22-7-3-4-8-22/h11-12H,3-10H2,1-2H3. The highest BCUT2D eigenvalue weighted by molar-refractivity contribution is 7.20. The SMILES string of the molecule is Cc1c(C(=O)N2CCCC2)sc2ncnc(N3CCC(C)CC3)c12. The van der Waals surface area contributed by atoms with E-state index >= 15 is 0 Å². The average Bonchev–Trinajstić information content (AvgIpc) is 3.23. The first kappa shape index (κ1) is 15.8. The van der Waals surface area contributed by atoms with Gasteiger partial charge in [-0.3, -0.25) is 4.79 Å². The summed E-state index contributed by atoms with van der Waals surface area (Å²) in [5.74, 6) is 1.97. The molecule has 0 atom stereocenters. The van der Waals surface area contributed by atoms with Crippen molar-refractivity contribution in [1.29, 1.82) is 0 Å². The third-order valence-electron chi connectivity index (χ3n) is 5.38. The minimum absolute atomic E-state index is 0.172. The van der Waals surface area contributed by atoms with Crippen LogP contribution in [0.15, 0.2) is 6.33 Å². The van der Waals surface area contributed by atoms with Crippen LogP contribution in [0.5, 0.6) is 0 Å². The molecule has 1 amide bonds. The van der Waals surface area contributed by atoms with Crippen molar-refractivity contribution in [2.24, 2.45) is 5.92 Å². The lowest BCUT2D eigenvalue weighted by Gasteiger charge is -2.31. The summed E-state index contributed by atoms with van der Waals surface area (Å²) in [6.45, 7) is 8.22. The molecule has 2 aliphatic rings. The zero-order chi connectivity index (χ0) is 16.7. The van der Waals surface area contributed by atoms with E-state index in [1.807, 2.05) is 4.90 Å². The normalized spacial score (nSPS) is 19.4. The fourth-order valence-electron chi connectivity index (χ4n) is 3.78. The molecule has 2 fully saturated rings. The molecule has 2 aromatic heterocycles. The Labute approximate surface area is 146 Å². The van der Waals surface area contributed by atoms with Crippen LogP contribution >= 0.6 is 11.3 Å². The highest BCUT2D eigenvalue weighted by atomic mass is 32.1. The van der Waals surface area contributed by atoms with Crippen molar-refractivity contribution in [2.45, 2.75) is 39.5 Å². The molecule has 0 N–H and O–H groups in total. The summed E-state index contributed by atoms with van der Waals surface area (Å²) in [6.07, 6.45) is 6.29. The number of hydrogen-bond acceptors (Lipinski definition) is 5. The van der Waals surface area contributed by atoms with Crippen LogP contribution in [0.4, 0.5) is 5.82 Å². The van der Waals surface area contributed by atoms with E-state index in [0.29, 0.717) is 0 Å². The fraction of sp³-hybridized carbons (Fsp3) is 0.611. The van der Waals surface area contributed by atoms with E-state index in [2.05, 4.69) is 28.7 Å². The van der Waals surface area contributed by atoms with Gasteiger partial charge in [0.1, 0.15) is 17.0 Å². The number of carbonyl (C=O) groups is 1. The van der Waals surface area contributed by atoms with Gasteiger partial charge in [0, 0.05) is 26.2 Å². The van der Waals surface area contributed by atoms with E-state index in [1.54, 1.807) is 6.33 Å². The summed E-state index contributed by atoms with van der Waals surface area (Å²) >= 11 is 1.53. The summed E-state index contributed by atoms with van der Waals surface area (Å²) in [5.41, 5.74) is 1.06. The Kier molecular flexibility index (Phi) is 4.16. The number of anilines is 1. The van der Waals surface area contributed by atoms with E-state index in [1.165, 1.54) is 24.2 Å². The zero-order valence-corrected chi connectivity index (χ0v) is 15.2. The number of aryl methyl sites for hydroxylation is 1. The molecule has 4 rings (SSSR count). The van der Waals surface area contributed by atoms with Gasteiger partial charge in [0.2, 0.25) is 0 Å². The van der Waals surface area contributed by atoms with Gasteiger partial charge in [0.25, 0.3) is 5.91 Å². The Morgan fingerprint density at radius 1 is 1.17 bits per heavy atom. The Hall–Kier alpha value is -1.69. The van der Waals surface area contributed by atoms with Crippen LogP contribution in [0.2, 0.25) is 0 Å². The second kappa shape index (κ2) is 6.31. The van der Waals surface area contributed by atoms with Gasteiger partial charge in [-0.05, 0) is 44.1 Å². The fourth-order valence-corrected chi connectivity index (χ4v) is 4.89. The molecule has 0 aliphatic carbocycles. The first-order valence-electron chi connectivity index (χ1n) is 8.93. The summed E-state index contributed by atoms with van der Waals surface area (Å²) < 4.78 is 0. The van der Waals surface area contributed by atoms with Crippen LogP contribution in [0.25, 0.3) is 10.2 Å². The molecule has 128 valence electrons. The molecule has 4 heterocycles. The van der Waals surface area contributed by atoms with Gasteiger partial charge < -0.3 is 9.80 Å². The minimum Gasteiger partial charge on any atom is -0.356 e. The Morgan fingerprint density at radius 2 is 1.88 bits per heavy atom. The number of hydrogen-bond donors (Lipinski definition) is 0. The monoisotopic (exact) mass is 344 g/mol. The third-order valence-corrected chi connectivity index (χ3v) is 6.57. The maximum absolute atomic E-state index is 12.8. The number of likely N-dealkylation sites (tertiary alicyclic amines) is 1. The van der Waals surface area contributed by atoms with Crippen molar-refractivity contribution < 1.29 is 4.79 Å². The second-order valence-electron chi connectivity index (χ2n) is 7.10. The van der Waals surface area contributed by atoms with Crippen LogP contribution in [0.1, 0.15) is 47.8 Å². The summed E-state index contributed by atoms with van der Waals surface area (Å²) in [5, 5.41) is 1.08. The average molecular weight is 344 g/mol. The van der Waals surface area contributed by atoms with Crippen LogP contribution in [-0.4, -0.2) is 47.0 Å². The van der Waals surface area contributed by atoms with Gasteiger partial charge in [-0.25, -0.2) is 9.97 Å². The number of rotatable bonds is 2. The van der Waals surface area contributed by atoms with E-state index in [0.717, 1.165) is 71.4 Å². The molecule has 5 nitrogen and oxygen atoms in total. The van der Waals surface area contributed by atoms with Gasteiger partial charge in [-0.15, -0.1) is 11.3 Å². The minimum atomic E-state index is 0.172. The largest absolute Gasteiger partial charge is 0.356 e. The molecule has 2 saturated heterocycles. The highest BCUT2D eigenvalue weighted by Gasteiger charge is 2.27. The van der Waals surface area contributed by atoms with Crippen LogP contribution in [-0.2, 0) is 0 Å². The van der Waals surface area contributed by atoms with Crippen molar-refractivity contribution in [1.82, 2.24) is 14.9 Å². The van der Waals surface area contributed by atoms with E-state index in [-0.39, 0.29) is 5.91 Å². The smallest absolute Gasteiger partial charge is 0.264 e. The predicted octanol–water partition coefficient (Wildman–Crippen LogP) is 3.47. The number of carbonyl (C=O) groups excluding carboxylic acids is 1. The summed E-state index contributed by atoms with van der Waals surface area (Å²) in [6, 6.07) is 0. The van der Waals surface area contributed by atoms with Gasteiger partial charge in [-0.1, -0.05) is 6.92 Å². The lowest BCUT2D eigenvalue weighted by Crippen LogP contribution is -2.33. The highest BCUT2D eigenvalue weighted by Crippen LogP contribution is 2.37. The number of thiophene rings is 1. The quantitative estimate of drug-likeness (QED) is 0.837. The number of aromatic nitrogens is 2. The summed E-state index contributed by atoms with van der Waals surface area (Å²) in [7, 11) is 0. The lowest BCUT2D eigenvalue weighted by atomic mass is 9.99. The van der Waals surface area contributed by atoms with Crippen molar-refractivity contribution in [2.75, 3.05) is 31.1 Å². The topological polar surface area (TPSA) is 49.3 Å². The van der Waals surface area contributed by atoms with Crippen molar-refractivity contribution in [3.63, 3.8) is 0 Å². The van der Waals surface area contributed by atoms with E-state index in [9.17, 15) is 4.79 Å². The zero-order valence-electron chi connectivity index (χ0n) is 14.4. The van der Waals surface area contributed by atoms with Crippen molar-refractivity contribution in [3.8, 4) is 0 Å². The molecule has 6 heteroatoms. The first-order chi connectivity index (χ1) is 11.6. The molecule has 0 unspecified atom stereocenters. The molecule has 2 aliphatic heterocycles. The van der Waals surface area contributed by atoms with Gasteiger partial charge >= 0.3 is 0 Å². The molecule has 24 heavy (non-hydrogen) atoms. The molecule has 0 aromatic carbocycles. The molecular formula is C18H24N4OS. The van der Waals surface area contributed by atoms with Crippen LogP contribution < -0.4 is 4.90 Å². The Morgan fingerprint density at radius 3 is 2.58 bits per heavy atom. The molecule has 0 radical (unpaired) electrons. The number of fused-ring (bicyclic) bond motifs is 1. The predicted molar refractivity (Wildman–Crippen MR) is 97.9 cm³/mol.